The van der Waals surface area contributed by atoms with Crippen molar-refractivity contribution >= 4 is 11.7 Å². The summed E-state index contributed by atoms with van der Waals surface area (Å²) >= 11 is 0. The van der Waals surface area contributed by atoms with E-state index in [1.807, 2.05) is 43.3 Å². The molecule has 0 saturated carbocycles. The number of ether oxygens (including phenoxy) is 1. The first-order valence-electron chi connectivity index (χ1n) is 7.32. The number of nitrogens with zero attached hydrogens (tertiary/aromatic N) is 2. The van der Waals surface area contributed by atoms with E-state index in [-0.39, 0.29) is 11.9 Å². The van der Waals surface area contributed by atoms with Gasteiger partial charge in [0, 0.05) is 32.3 Å². The molecule has 0 saturated heterocycles. The summed E-state index contributed by atoms with van der Waals surface area (Å²) in [6.45, 7) is 0.607. The number of hydrogen-bond acceptors (Lipinski definition) is 4. The molecule has 0 spiro atoms. The van der Waals surface area contributed by atoms with Crippen LogP contribution >= 0.6 is 0 Å². The quantitative estimate of drug-likeness (QED) is 0.945. The number of carbonyl (C=O) groups excluding carboxylic acids is 1. The number of hydrogen-bond donors (Lipinski definition) is 1. The maximum atomic E-state index is 12.6. The Labute approximate surface area is 129 Å². The summed E-state index contributed by atoms with van der Waals surface area (Å²) in [4.78, 5) is 18.7. The molecule has 0 radical (unpaired) electrons. The molecule has 1 N–H and O–H groups in total. The van der Waals surface area contributed by atoms with E-state index in [4.69, 9.17) is 4.74 Å². The number of benzene rings is 1. The Morgan fingerprint density at radius 3 is 2.91 bits per heavy atom. The van der Waals surface area contributed by atoms with Gasteiger partial charge in [-0.25, -0.2) is 4.98 Å². The first-order valence-corrected chi connectivity index (χ1v) is 7.32. The van der Waals surface area contributed by atoms with Gasteiger partial charge in [-0.05, 0) is 18.2 Å². The van der Waals surface area contributed by atoms with Gasteiger partial charge in [0.05, 0.1) is 18.2 Å². The van der Waals surface area contributed by atoms with Crippen LogP contribution in [0.5, 0.6) is 5.75 Å². The Morgan fingerprint density at radius 2 is 2.09 bits per heavy atom. The summed E-state index contributed by atoms with van der Waals surface area (Å²) < 4.78 is 5.63. The van der Waals surface area contributed by atoms with Crippen LogP contribution in [0.25, 0.3) is 0 Å². The van der Waals surface area contributed by atoms with Gasteiger partial charge in [0.25, 0.3) is 5.91 Å². The summed E-state index contributed by atoms with van der Waals surface area (Å²) in [5.74, 6) is 1.40. The summed E-state index contributed by atoms with van der Waals surface area (Å²) in [6, 6.07) is 11.4. The highest BCUT2D eigenvalue weighted by atomic mass is 16.5. The number of amides is 1. The number of carbonyl (C=O) groups is 1. The Hall–Kier alpha value is -2.56. The summed E-state index contributed by atoms with van der Waals surface area (Å²) in [5, 5.41) is 3.10. The predicted molar refractivity (Wildman–Crippen MR) is 85.3 cm³/mol. The van der Waals surface area contributed by atoms with Gasteiger partial charge in [-0.3, -0.25) is 4.79 Å². The fourth-order valence-corrected chi connectivity index (χ4v) is 2.66. The second kappa shape index (κ2) is 6.05. The number of aromatic nitrogens is 1. The zero-order valence-electron chi connectivity index (χ0n) is 12.7. The minimum absolute atomic E-state index is 0.0346. The van der Waals surface area contributed by atoms with Crippen molar-refractivity contribution in [1.29, 1.82) is 0 Å². The van der Waals surface area contributed by atoms with E-state index in [1.54, 1.807) is 18.3 Å². The van der Waals surface area contributed by atoms with E-state index in [9.17, 15) is 4.79 Å². The summed E-state index contributed by atoms with van der Waals surface area (Å²) in [6.07, 6.45) is 2.45. The van der Waals surface area contributed by atoms with Crippen molar-refractivity contribution in [3.8, 4) is 5.75 Å². The van der Waals surface area contributed by atoms with E-state index >= 15 is 0 Å². The van der Waals surface area contributed by atoms with Gasteiger partial charge in [-0.1, -0.05) is 18.2 Å². The van der Waals surface area contributed by atoms with Crippen LogP contribution in [-0.2, 0) is 0 Å². The van der Waals surface area contributed by atoms with Gasteiger partial charge in [-0.15, -0.1) is 0 Å². The first-order chi connectivity index (χ1) is 10.7. The molecule has 5 heteroatoms. The average molecular weight is 297 g/mol. The van der Waals surface area contributed by atoms with Gasteiger partial charge >= 0.3 is 0 Å². The van der Waals surface area contributed by atoms with Gasteiger partial charge in [-0.2, -0.15) is 0 Å². The molecule has 1 aromatic carbocycles. The Morgan fingerprint density at radius 1 is 1.27 bits per heavy atom. The van der Waals surface area contributed by atoms with E-state index in [2.05, 4.69) is 10.3 Å². The molecule has 2 heterocycles. The van der Waals surface area contributed by atoms with Crippen molar-refractivity contribution in [1.82, 2.24) is 10.3 Å². The number of pyridine rings is 1. The highest BCUT2D eigenvalue weighted by Gasteiger charge is 2.24. The summed E-state index contributed by atoms with van der Waals surface area (Å²) in [7, 11) is 3.76. The lowest BCUT2D eigenvalue weighted by Crippen LogP contribution is -2.33. The third kappa shape index (κ3) is 2.74. The molecular formula is C17H19N3O2. The SMILES string of the molecule is CN(C)c1ncccc1C(=O)N[C@H]1CCOc2ccccc21. The maximum absolute atomic E-state index is 12.6. The molecule has 1 atom stereocenters. The van der Waals surface area contributed by atoms with Crippen molar-refractivity contribution < 1.29 is 9.53 Å². The fraction of sp³-hybridized carbons (Fsp3) is 0.294. The van der Waals surface area contributed by atoms with E-state index in [0.29, 0.717) is 18.0 Å². The largest absolute Gasteiger partial charge is 0.493 e. The second-order valence-electron chi connectivity index (χ2n) is 5.47. The normalized spacial score (nSPS) is 16.4. The Bertz CT molecular complexity index is 685. The lowest BCUT2D eigenvalue weighted by molar-refractivity contribution is 0.0925. The second-order valence-corrected chi connectivity index (χ2v) is 5.47. The molecule has 1 aliphatic rings. The number of anilines is 1. The smallest absolute Gasteiger partial charge is 0.255 e. The molecule has 0 unspecified atom stereocenters. The third-order valence-electron chi connectivity index (χ3n) is 3.72. The molecule has 0 fully saturated rings. The number of para-hydroxylation sites is 1. The van der Waals surface area contributed by atoms with Crippen LogP contribution in [0.4, 0.5) is 5.82 Å². The topological polar surface area (TPSA) is 54.5 Å². The van der Waals surface area contributed by atoms with Gasteiger partial charge in [0.1, 0.15) is 11.6 Å². The molecule has 1 aliphatic heterocycles. The highest BCUT2D eigenvalue weighted by molar-refractivity contribution is 5.99. The average Bonchev–Trinajstić information content (AvgIpc) is 2.55. The van der Waals surface area contributed by atoms with Crippen molar-refractivity contribution in [2.75, 3.05) is 25.6 Å². The molecular weight excluding hydrogens is 278 g/mol. The van der Waals surface area contributed by atoms with Gasteiger partial charge in [0.2, 0.25) is 0 Å². The molecule has 0 bridgehead atoms. The molecule has 0 aliphatic carbocycles. The number of nitrogens with one attached hydrogen (secondary N) is 1. The lowest BCUT2D eigenvalue weighted by atomic mass is 10.00. The minimum atomic E-state index is -0.112. The van der Waals surface area contributed by atoms with Crippen LogP contribution < -0.4 is 15.0 Å². The third-order valence-corrected chi connectivity index (χ3v) is 3.72. The maximum Gasteiger partial charge on any atom is 0.255 e. The minimum Gasteiger partial charge on any atom is -0.493 e. The van der Waals surface area contributed by atoms with Crippen LogP contribution in [0, 0.1) is 0 Å². The van der Waals surface area contributed by atoms with Crippen LogP contribution in [0.15, 0.2) is 42.6 Å². The van der Waals surface area contributed by atoms with Gasteiger partial charge < -0.3 is 15.0 Å². The molecule has 1 aromatic heterocycles. The monoisotopic (exact) mass is 297 g/mol. The Kier molecular flexibility index (Phi) is 3.96. The first kappa shape index (κ1) is 14.4. The van der Waals surface area contributed by atoms with Crippen molar-refractivity contribution in [3.05, 3.63) is 53.7 Å². The van der Waals surface area contributed by atoms with E-state index in [0.717, 1.165) is 17.7 Å². The van der Waals surface area contributed by atoms with E-state index in [1.165, 1.54) is 0 Å². The molecule has 1 amide bonds. The molecule has 2 aromatic rings. The molecule has 3 rings (SSSR count). The van der Waals surface area contributed by atoms with Crippen molar-refractivity contribution in [2.24, 2.45) is 0 Å². The Balaban J connectivity index is 1.84. The lowest BCUT2D eigenvalue weighted by Gasteiger charge is -2.27. The predicted octanol–water partition coefficient (Wildman–Crippen LogP) is 2.40. The van der Waals surface area contributed by atoms with Crippen LogP contribution in [0.1, 0.15) is 28.4 Å². The van der Waals surface area contributed by atoms with Gasteiger partial charge in [0.15, 0.2) is 0 Å². The molecule has 5 nitrogen and oxygen atoms in total. The van der Waals surface area contributed by atoms with Crippen molar-refractivity contribution in [2.45, 2.75) is 12.5 Å². The van der Waals surface area contributed by atoms with Crippen LogP contribution in [0.2, 0.25) is 0 Å². The standard InChI is InChI=1S/C17H19N3O2/c1-20(2)16-13(7-5-10-18-16)17(21)19-14-9-11-22-15-8-4-3-6-12(14)15/h3-8,10,14H,9,11H2,1-2H3,(H,19,21)/t14-/m0/s1. The molecule has 114 valence electrons. The van der Waals surface area contributed by atoms with Crippen molar-refractivity contribution in [3.63, 3.8) is 0 Å². The number of fused-ring (bicyclic) bond motifs is 1. The molecule has 22 heavy (non-hydrogen) atoms. The van der Waals surface area contributed by atoms with E-state index < -0.39 is 0 Å². The zero-order chi connectivity index (χ0) is 15.5. The highest BCUT2D eigenvalue weighted by Crippen LogP contribution is 2.31. The summed E-state index contributed by atoms with van der Waals surface area (Å²) in [5.41, 5.74) is 1.61. The fourth-order valence-electron chi connectivity index (χ4n) is 2.66. The zero-order valence-corrected chi connectivity index (χ0v) is 12.7. The number of rotatable bonds is 3. The van der Waals surface area contributed by atoms with Crippen LogP contribution in [0.3, 0.4) is 0 Å². The van der Waals surface area contributed by atoms with Crippen LogP contribution in [-0.4, -0.2) is 31.6 Å².